The molecule has 0 radical (unpaired) electrons. The molecule has 3 nitrogen and oxygen atoms in total. The Kier molecular flexibility index (Phi) is 3.97. The van der Waals surface area contributed by atoms with E-state index in [-0.39, 0.29) is 0 Å². The van der Waals surface area contributed by atoms with E-state index in [4.69, 9.17) is 0 Å². The molecule has 2 saturated carbocycles. The lowest BCUT2D eigenvalue weighted by Crippen LogP contribution is -2.30. The largest absolute Gasteiger partial charge is 0.359 e. The Morgan fingerprint density at radius 2 is 2.25 bits per heavy atom. The van der Waals surface area contributed by atoms with Crippen LogP contribution in [0.4, 0.5) is 5.82 Å². The molecule has 1 heterocycles. The van der Waals surface area contributed by atoms with Gasteiger partial charge in [0.05, 0.1) is 0 Å². The molecule has 0 amide bonds. The Hall–Kier alpha value is -1.09. The van der Waals surface area contributed by atoms with Crippen LogP contribution >= 0.6 is 0 Å². The predicted molar refractivity (Wildman–Crippen MR) is 83.9 cm³/mol. The molecule has 2 bridgehead atoms. The lowest BCUT2D eigenvalue weighted by Gasteiger charge is -2.30. The highest BCUT2D eigenvalue weighted by molar-refractivity contribution is 5.47. The van der Waals surface area contributed by atoms with Crippen molar-refractivity contribution in [2.45, 2.75) is 38.6 Å². The van der Waals surface area contributed by atoms with Crippen molar-refractivity contribution in [3.8, 4) is 0 Å². The number of rotatable bonds is 5. The van der Waals surface area contributed by atoms with Crippen LogP contribution in [0.3, 0.4) is 0 Å². The van der Waals surface area contributed by atoms with E-state index in [2.05, 4.69) is 35.2 Å². The Bertz CT molecular complexity index is 459. The summed E-state index contributed by atoms with van der Waals surface area (Å²) >= 11 is 0. The van der Waals surface area contributed by atoms with Crippen LogP contribution in [0.15, 0.2) is 18.3 Å². The lowest BCUT2D eigenvalue weighted by molar-refractivity contribution is 0.337. The van der Waals surface area contributed by atoms with Gasteiger partial charge in [0, 0.05) is 31.4 Å². The maximum absolute atomic E-state index is 4.64. The van der Waals surface area contributed by atoms with Crippen molar-refractivity contribution in [2.75, 3.05) is 25.5 Å². The lowest BCUT2D eigenvalue weighted by atomic mass is 9.88. The van der Waals surface area contributed by atoms with Crippen LogP contribution in [0.1, 0.15) is 44.2 Å². The quantitative estimate of drug-likeness (QED) is 0.892. The van der Waals surface area contributed by atoms with Crippen molar-refractivity contribution in [3.05, 3.63) is 23.9 Å². The zero-order chi connectivity index (χ0) is 14.1. The van der Waals surface area contributed by atoms with Gasteiger partial charge in [-0.1, -0.05) is 12.5 Å². The van der Waals surface area contributed by atoms with Crippen LogP contribution in [0.25, 0.3) is 0 Å². The third kappa shape index (κ3) is 2.56. The summed E-state index contributed by atoms with van der Waals surface area (Å²) in [7, 11) is 4.22. The third-order valence-electron chi connectivity index (χ3n) is 5.47. The molecule has 4 atom stereocenters. The van der Waals surface area contributed by atoms with E-state index in [0.717, 1.165) is 23.6 Å². The van der Waals surface area contributed by atoms with E-state index in [1.807, 2.05) is 19.3 Å². The van der Waals surface area contributed by atoms with Gasteiger partial charge >= 0.3 is 0 Å². The number of nitrogens with zero attached hydrogens (tertiary/aromatic N) is 2. The normalized spacial score (nSPS) is 29.6. The van der Waals surface area contributed by atoms with E-state index in [1.165, 1.54) is 37.8 Å². The smallest absolute Gasteiger partial charge is 0.133 e. The fourth-order valence-electron chi connectivity index (χ4n) is 4.26. The molecule has 3 rings (SSSR count). The molecule has 3 heteroatoms. The number of pyridine rings is 1. The second-order valence-corrected chi connectivity index (χ2v) is 6.74. The average molecular weight is 273 g/mol. The van der Waals surface area contributed by atoms with Gasteiger partial charge in [0.25, 0.3) is 0 Å². The Morgan fingerprint density at radius 1 is 1.40 bits per heavy atom. The van der Waals surface area contributed by atoms with Crippen molar-refractivity contribution in [2.24, 2.45) is 17.8 Å². The highest BCUT2D eigenvalue weighted by Crippen LogP contribution is 2.48. The molecular weight excluding hydrogens is 246 g/mol. The van der Waals surface area contributed by atoms with Gasteiger partial charge in [-0.25, -0.2) is 4.98 Å². The first-order valence-corrected chi connectivity index (χ1v) is 8.02. The van der Waals surface area contributed by atoms with Crippen molar-refractivity contribution in [1.82, 2.24) is 10.3 Å². The zero-order valence-electron chi connectivity index (χ0n) is 13.0. The van der Waals surface area contributed by atoms with Crippen molar-refractivity contribution < 1.29 is 0 Å². The van der Waals surface area contributed by atoms with Gasteiger partial charge in [-0.15, -0.1) is 0 Å². The maximum Gasteiger partial charge on any atom is 0.133 e. The number of hydrogen-bond acceptors (Lipinski definition) is 3. The Labute approximate surface area is 122 Å². The molecule has 2 aliphatic carbocycles. The summed E-state index contributed by atoms with van der Waals surface area (Å²) in [6.45, 7) is 3.37. The molecule has 0 aliphatic heterocycles. The van der Waals surface area contributed by atoms with E-state index in [1.54, 1.807) is 0 Å². The van der Waals surface area contributed by atoms with Crippen LogP contribution in [0, 0.1) is 17.8 Å². The molecular formula is C17H27N3. The molecule has 2 fully saturated rings. The standard InChI is InChI=1S/C17H27N3/c1-12(18-2)16-5-4-8-19-17(16)20(3)11-15-10-13-6-7-14(15)9-13/h4-5,8,12-15,18H,6-7,9-11H2,1-3H3. The van der Waals surface area contributed by atoms with Crippen LogP contribution in [-0.4, -0.2) is 25.6 Å². The van der Waals surface area contributed by atoms with E-state index >= 15 is 0 Å². The fourth-order valence-corrected chi connectivity index (χ4v) is 4.26. The van der Waals surface area contributed by atoms with Crippen molar-refractivity contribution in [3.63, 3.8) is 0 Å². The van der Waals surface area contributed by atoms with Crippen LogP contribution in [0.2, 0.25) is 0 Å². The monoisotopic (exact) mass is 273 g/mol. The summed E-state index contributed by atoms with van der Waals surface area (Å²) in [4.78, 5) is 7.02. The first-order chi connectivity index (χ1) is 9.69. The topological polar surface area (TPSA) is 28.2 Å². The minimum atomic E-state index is 0.348. The van der Waals surface area contributed by atoms with Gasteiger partial charge in [0.15, 0.2) is 0 Å². The van der Waals surface area contributed by atoms with Gasteiger partial charge in [-0.2, -0.15) is 0 Å². The molecule has 1 aromatic rings. The zero-order valence-corrected chi connectivity index (χ0v) is 13.0. The van der Waals surface area contributed by atoms with Gasteiger partial charge in [-0.05, 0) is 57.1 Å². The molecule has 4 unspecified atom stereocenters. The highest BCUT2D eigenvalue weighted by atomic mass is 15.2. The SMILES string of the molecule is CNC(C)c1cccnc1N(C)CC1CC2CCC1C2. The van der Waals surface area contributed by atoms with E-state index in [9.17, 15) is 0 Å². The average Bonchev–Trinajstić information content (AvgIpc) is 3.09. The van der Waals surface area contributed by atoms with Gasteiger partial charge < -0.3 is 10.2 Å². The summed E-state index contributed by atoms with van der Waals surface area (Å²) in [5.74, 6) is 4.05. The van der Waals surface area contributed by atoms with Crippen LogP contribution < -0.4 is 10.2 Å². The minimum absolute atomic E-state index is 0.348. The van der Waals surface area contributed by atoms with Gasteiger partial charge in [-0.3, -0.25) is 0 Å². The number of aromatic nitrogens is 1. The van der Waals surface area contributed by atoms with Crippen molar-refractivity contribution >= 4 is 5.82 Å². The summed E-state index contributed by atoms with van der Waals surface area (Å²) in [5, 5.41) is 3.33. The molecule has 0 aromatic carbocycles. The highest BCUT2D eigenvalue weighted by Gasteiger charge is 2.39. The minimum Gasteiger partial charge on any atom is -0.359 e. The number of anilines is 1. The van der Waals surface area contributed by atoms with E-state index in [0.29, 0.717) is 6.04 Å². The van der Waals surface area contributed by atoms with Gasteiger partial charge in [0.2, 0.25) is 0 Å². The summed E-state index contributed by atoms with van der Waals surface area (Å²) in [6.07, 6.45) is 7.79. The Morgan fingerprint density at radius 3 is 2.90 bits per heavy atom. The molecule has 20 heavy (non-hydrogen) atoms. The molecule has 2 aliphatic rings. The molecule has 0 saturated heterocycles. The summed E-state index contributed by atoms with van der Waals surface area (Å²) < 4.78 is 0. The molecule has 0 spiro atoms. The Balaban J connectivity index is 1.72. The van der Waals surface area contributed by atoms with Gasteiger partial charge in [0.1, 0.15) is 5.82 Å². The second-order valence-electron chi connectivity index (χ2n) is 6.74. The first-order valence-electron chi connectivity index (χ1n) is 8.02. The van der Waals surface area contributed by atoms with Crippen molar-refractivity contribution in [1.29, 1.82) is 0 Å². The second kappa shape index (κ2) is 5.72. The first kappa shape index (κ1) is 13.9. The number of hydrogen-bond donors (Lipinski definition) is 1. The van der Waals surface area contributed by atoms with E-state index < -0.39 is 0 Å². The van der Waals surface area contributed by atoms with Crippen LogP contribution in [0.5, 0.6) is 0 Å². The third-order valence-corrected chi connectivity index (χ3v) is 5.47. The molecule has 1 N–H and O–H groups in total. The number of nitrogens with one attached hydrogen (secondary N) is 1. The predicted octanol–water partition coefficient (Wildman–Crippen LogP) is 3.23. The fraction of sp³-hybridized carbons (Fsp3) is 0.706. The summed E-state index contributed by atoms with van der Waals surface area (Å²) in [6, 6.07) is 4.58. The van der Waals surface area contributed by atoms with Crippen LogP contribution in [-0.2, 0) is 0 Å². The molecule has 110 valence electrons. The maximum atomic E-state index is 4.64. The summed E-state index contributed by atoms with van der Waals surface area (Å²) in [5.41, 5.74) is 1.31. The molecule has 1 aromatic heterocycles. The number of fused-ring (bicyclic) bond motifs is 2.